The van der Waals surface area contributed by atoms with Gasteiger partial charge in [-0.05, 0) is 38.0 Å². The van der Waals surface area contributed by atoms with Gasteiger partial charge in [-0.3, -0.25) is 4.98 Å². The summed E-state index contributed by atoms with van der Waals surface area (Å²) >= 11 is 0. The van der Waals surface area contributed by atoms with E-state index in [4.69, 9.17) is 19.0 Å². The molecule has 7 heteroatoms. The van der Waals surface area contributed by atoms with Crippen LogP contribution in [0.25, 0.3) is 21.9 Å². The van der Waals surface area contributed by atoms with E-state index >= 15 is 0 Å². The minimum atomic E-state index is 0.221. The van der Waals surface area contributed by atoms with E-state index in [0.29, 0.717) is 12.5 Å². The van der Waals surface area contributed by atoms with Gasteiger partial charge in [0.25, 0.3) is 0 Å². The van der Waals surface area contributed by atoms with E-state index in [1.54, 1.807) is 13.4 Å². The number of benzene rings is 1. The van der Waals surface area contributed by atoms with Gasteiger partial charge in [0.15, 0.2) is 0 Å². The molecule has 1 fully saturated rings. The fourth-order valence-corrected chi connectivity index (χ4v) is 4.15. The van der Waals surface area contributed by atoms with Crippen LogP contribution < -0.4 is 4.74 Å². The first-order valence-corrected chi connectivity index (χ1v) is 9.57. The van der Waals surface area contributed by atoms with Gasteiger partial charge in [-0.25, -0.2) is 4.98 Å². The van der Waals surface area contributed by atoms with Crippen molar-refractivity contribution in [1.82, 2.24) is 19.7 Å². The van der Waals surface area contributed by atoms with Crippen molar-refractivity contribution in [3.63, 3.8) is 0 Å². The number of aromatic nitrogens is 4. The lowest BCUT2D eigenvalue weighted by atomic mass is 10.0. The largest absolute Gasteiger partial charge is 0.497 e. The van der Waals surface area contributed by atoms with Gasteiger partial charge in [0.05, 0.1) is 42.6 Å². The fraction of sp³-hybridized carbons (Fsp3) is 0.381. The van der Waals surface area contributed by atoms with Crippen LogP contribution >= 0.6 is 0 Å². The third-order valence-corrected chi connectivity index (χ3v) is 5.45. The smallest absolute Gasteiger partial charge is 0.124 e. The molecular weight excluding hydrogens is 356 g/mol. The number of methoxy groups -OCH3 is 1. The molecule has 2 atom stereocenters. The highest BCUT2D eigenvalue weighted by molar-refractivity contribution is 6.03. The van der Waals surface area contributed by atoms with Gasteiger partial charge in [0.1, 0.15) is 23.4 Å². The highest BCUT2D eigenvalue weighted by atomic mass is 16.5. The van der Waals surface area contributed by atoms with Gasteiger partial charge in [-0.1, -0.05) is 5.16 Å². The average molecular weight is 378 g/mol. The molecule has 0 aliphatic carbocycles. The molecule has 0 N–H and O–H groups in total. The zero-order valence-electron chi connectivity index (χ0n) is 16.0. The van der Waals surface area contributed by atoms with Crippen molar-refractivity contribution in [1.29, 1.82) is 0 Å². The fourth-order valence-electron chi connectivity index (χ4n) is 4.15. The first kappa shape index (κ1) is 17.2. The summed E-state index contributed by atoms with van der Waals surface area (Å²) < 4.78 is 18.7. The first-order chi connectivity index (χ1) is 13.7. The Bertz CT molecular complexity index is 1120. The standard InChI is InChI=1S/C21H22N4O3/c1-13-9-15(6-7-27-13)25-20(10-14-5-8-28-24-14)23-19-12-22-18-4-3-16(26-2)11-17(18)21(19)25/h3-5,8,11-13,15H,6-7,9-10H2,1-2H3/t13-,15-/m1/s1. The molecule has 4 heterocycles. The molecule has 5 rings (SSSR count). The first-order valence-electron chi connectivity index (χ1n) is 9.57. The van der Waals surface area contributed by atoms with Gasteiger partial charge < -0.3 is 18.6 Å². The number of hydrogen-bond donors (Lipinski definition) is 0. The zero-order valence-corrected chi connectivity index (χ0v) is 16.0. The summed E-state index contributed by atoms with van der Waals surface area (Å²) in [6.07, 6.45) is 6.19. The van der Waals surface area contributed by atoms with Gasteiger partial charge in [0.2, 0.25) is 0 Å². The second kappa shape index (κ2) is 6.91. The van der Waals surface area contributed by atoms with Crippen LogP contribution in [0.3, 0.4) is 0 Å². The van der Waals surface area contributed by atoms with E-state index in [9.17, 15) is 0 Å². The maximum Gasteiger partial charge on any atom is 0.124 e. The zero-order chi connectivity index (χ0) is 19.1. The molecule has 1 aromatic carbocycles. The topological polar surface area (TPSA) is 75.2 Å². The van der Waals surface area contributed by atoms with Crippen LogP contribution in [0.1, 0.15) is 37.3 Å². The van der Waals surface area contributed by atoms with E-state index < -0.39 is 0 Å². The van der Waals surface area contributed by atoms with Crippen molar-refractivity contribution >= 4 is 21.9 Å². The molecule has 144 valence electrons. The van der Waals surface area contributed by atoms with E-state index in [1.165, 1.54) is 0 Å². The van der Waals surface area contributed by atoms with Crippen LogP contribution in [0.4, 0.5) is 0 Å². The predicted molar refractivity (Wildman–Crippen MR) is 105 cm³/mol. The summed E-state index contributed by atoms with van der Waals surface area (Å²) in [7, 11) is 1.68. The van der Waals surface area contributed by atoms with Crippen LogP contribution in [0.2, 0.25) is 0 Å². The molecule has 4 aromatic rings. The predicted octanol–water partition coefficient (Wildman–Crippen LogP) is 3.91. The molecule has 7 nitrogen and oxygen atoms in total. The molecule has 1 saturated heterocycles. The Hall–Kier alpha value is -2.93. The van der Waals surface area contributed by atoms with E-state index in [1.807, 2.05) is 30.5 Å². The van der Waals surface area contributed by atoms with Crippen molar-refractivity contribution in [3.8, 4) is 5.75 Å². The molecule has 0 unspecified atom stereocenters. The van der Waals surface area contributed by atoms with Crippen molar-refractivity contribution in [2.75, 3.05) is 13.7 Å². The molecule has 1 aliphatic heterocycles. The number of ether oxygens (including phenoxy) is 2. The van der Waals surface area contributed by atoms with Crippen LogP contribution in [0, 0.1) is 0 Å². The molecule has 1 aliphatic rings. The lowest BCUT2D eigenvalue weighted by Crippen LogP contribution is -2.26. The molecule has 3 aromatic heterocycles. The van der Waals surface area contributed by atoms with Crippen LogP contribution in [0.15, 0.2) is 41.2 Å². The Morgan fingerprint density at radius 3 is 2.96 bits per heavy atom. The van der Waals surface area contributed by atoms with Gasteiger partial charge in [-0.2, -0.15) is 0 Å². The minimum Gasteiger partial charge on any atom is -0.497 e. The Morgan fingerprint density at radius 2 is 2.18 bits per heavy atom. The van der Waals surface area contributed by atoms with E-state index in [2.05, 4.69) is 21.6 Å². The highest BCUT2D eigenvalue weighted by Gasteiger charge is 2.26. The number of fused-ring (bicyclic) bond motifs is 3. The Labute approximate surface area is 162 Å². The van der Waals surface area contributed by atoms with Crippen LogP contribution in [-0.4, -0.2) is 39.5 Å². The van der Waals surface area contributed by atoms with Gasteiger partial charge in [-0.15, -0.1) is 0 Å². The lowest BCUT2D eigenvalue weighted by Gasteiger charge is -2.30. The van der Waals surface area contributed by atoms with Crippen molar-refractivity contribution in [2.24, 2.45) is 0 Å². The summed E-state index contributed by atoms with van der Waals surface area (Å²) in [5.41, 5.74) is 3.79. The maximum absolute atomic E-state index is 5.79. The second-order valence-electron chi connectivity index (χ2n) is 7.30. The summed E-state index contributed by atoms with van der Waals surface area (Å²) in [5, 5.41) is 5.13. The van der Waals surface area contributed by atoms with Gasteiger partial charge in [0, 0.05) is 24.1 Å². The molecule has 0 bridgehead atoms. The molecule has 0 radical (unpaired) electrons. The molecule has 0 amide bonds. The minimum absolute atomic E-state index is 0.221. The van der Waals surface area contributed by atoms with E-state index in [0.717, 1.165) is 58.7 Å². The summed E-state index contributed by atoms with van der Waals surface area (Å²) in [4.78, 5) is 9.54. The number of imidazole rings is 1. The number of pyridine rings is 1. The Kier molecular flexibility index (Phi) is 4.24. The molecule has 28 heavy (non-hydrogen) atoms. The summed E-state index contributed by atoms with van der Waals surface area (Å²) in [6, 6.07) is 8.18. The third-order valence-electron chi connectivity index (χ3n) is 5.45. The van der Waals surface area contributed by atoms with Crippen molar-refractivity contribution in [2.45, 2.75) is 38.3 Å². The molecule has 0 saturated carbocycles. The quantitative estimate of drug-likeness (QED) is 0.536. The number of hydrogen-bond acceptors (Lipinski definition) is 6. The van der Waals surface area contributed by atoms with Gasteiger partial charge >= 0.3 is 0 Å². The number of rotatable bonds is 4. The van der Waals surface area contributed by atoms with Crippen LogP contribution in [0.5, 0.6) is 5.75 Å². The maximum atomic E-state index is 5.79. The summed E-state index contributed by atoms with van der Waals surface area (Å²) in [6.45, 7) is 2.88. The Balaban J connectivity index is 1.75. The van der Waals surface area contributed by atoms with E-state index in [-0.39, 0.29) is 6.10 Å². The normalized spacial score (nSPS) is 20.1. The third kappa shape index (κ3) is 2.92. The molecule has 0 spiro atoms. The second-order valence-corrected chi connectivity index (χ2v) is 7.30. The SMILES string of the molecule is COc1ccc2ncc3nc(Cc4ccon4)n([C@@H]4CCO[C@H](C)C4)c3c2c1. The number of nitrogens with zero attached hydrogens (tertiary/aromatic N) is 4. The van der Waals surface area contributed by atoms with Crippen molar-refractivity contribution in [3.05, 3.63) is 48.2 Å². The highest BCUT2D eigenvalue weighted by Crippen LogP contribution is 2.35. The molecular formula is C21H22N4O3. The summed E-state index contributed by atoms with van der Waals surface area (Å²) in [5.74, 6) is 1.79. The lowest BCUT2D eigenvalue weighted by molar-refractivity contribution is 0.00630. The van der Waals surface area contributed by atoms with Crippen molar-refractivity contribution < 1.29 is 14.0 Å². The Morgan fingerprint density at radius 1 is 1.25 bits per heavy atom. The monoisotopic (exact) mass is 378 g/mol. The average Bonchev–Trinajstić information content (AvgIpc) is 3.35. The van der Waals surface area contributed by atoms with Crippen LogP contribution in [-0.2, 0) is 11.2 Å².